The van der Waals surface area contributed by atoms with E-state index in [0.717, 1.165) is 17.3 Å². The third-order valence-corrected chi connectivity index (χ3v) is 4.41. The summed E-state index contributed by atoms with van der Waals surface area (Å²) in [4.78, 5) is 21.2. The first-order valence-electron chi connectivity index (χ1n) is 8.90. The first-order valence-corrected chi connectivity index (χ1v) is 8.90. The van der Waals surface area contributed by atoms with Gasteiger partial charge in [0.1, 0.15) is 23.6 Å². The van der Waals surface area contributed by atoms with E-state index in [4.69, 9.17) is 4.74 Å². The second-order valence-electron chi connectivity index (χ2n) is 6.67. The molecule has 0 fully saturated rings. The van der Waals surface area contributed by atoms with Crippen molar-refractivity contribution in [1.29, 1.82) is 0 Å². The van der Waals surface area contributed by atoms with Crippen LogP contribution in [0.3, 0.4) is 0 Å². The maximum absolute atomic E-state index is 13.9. The van der Waals surface area contributed by atoms with Crippen molar-refractivity contribution in [2.45, 2.75) is 6.54 Å². The van der Waals surface area contributed by atoms with Gasteiger partial charge >= 0.3 is 0 Å². The predicted octanol–water partition coefficient (Wildman–Crippen LogP) is 3.51. The summed E-state index contributed by atoms with van der Waals surface area (Å²) in [6.07, 6.45) is 7.68. The number of fused-ring (bicyclic) bond motifs is 1. The zero-order chi connectivity index (χ0) is 20.4. The molecule has 146 valence electrons. The highest BCUT2D eigenvalue weighted by Gasteiger charge is 2.10. The Morgan fingerprint density at radius 2 is 1.90 bits per heavy atom. The number of halogens is 1. The highest BCUT2D eigenvalue weighted by molar-refractivity contribution is 5.84. The number of hydrogen-bond donors (Lipinski definition) is 0. The van der Waals surface area contributed by atoms with Crippen molar-refractivity contribution in [1.82, 2.24) is 24.6 Å². The molecule has 1 amide bonds. The molecule has 8 heteroatoms. The van der Waals surface area contributed by atoms with Gasteiger partial charge in [-0.05, 0) is 23.8 Å². The Morgan fingerprint density at radius 1 is 1.10 bits per heavy atom. The molecule has 3 heterocycles. The van der Waals surface area contributed by atoms with E-state index in [0.29, 0.717) is 16.9 Å². The van der Waals surface area contributed by atoms with Gasteiger partial charge in [-0.15, -0.1) is 0 Å². The molecule has 0 spiro atoms. The lowest BCUT2D eigenvalue weighted by Crippen LogP contribution is -2.26. The van der Waals surface area contributed by atoms with Crippen molar-refractivity contribution >= 4 is 16.8 Å². The van der Waals surface area contributed by atoms with Crippen LogP contribution in [0.15, 0.2) is 61.3 Å². The molecule has 0 aliphatic rings. The van der Waals surface area contributed by atoms with Gasteiger partial charge in [0, 0.05) is 38.2 Å². The van der Waals surface area contributed by atoms with E-state index in [9.17, 15) is 9.18 Å². The fourth-order valence-electron chi connectivity index (χ4n) is 2.82. The van der Waals surface area contributed by atoms with E-state index in [1.807, 2.05) is 30.5 Å². The van der Waals surface area contributed by atoms with Gasteiger partial charge in [-0.3, -0.25) is 19.4 Å². The molecule has 0 aliphatic carbocycles. The lowest BCUT2D eigenvalue weighted by Gasteiger charge is -2.09. The molecular formula is C21H18FN5O2. The van der Waals surface area contributed by atoms with Crippen molar-refractivity contribution in [2.75, 3.05) is 14.1 Å². The summed E-state index contributed by atoms with van der Waals surface area (Å²) in [7, 11) is 3.42. The molecule has 0 radical (unpaired) electrons. The summed E-state index contributed by atoms with van der Waals surface area (Å²) in [6.45, 7) is 0.188. The van der Waals surface area contributed by atoms with E-state index < -0.39 is 5.82 Å². The number of rotatable bonds is 5. The van der Waals surface area contributed by atoms with Crippen LogP contribution in [0.1, 0.15) is 0 Å². The minimum atomic E-state index is -0.493. The zero-order valence-electron chi connectivity index (χ0n) is 15.9. The second kappa shape index (κ2) is 7.67. The Morgan fingerprint density at radius 3 is 2.66 bits per heavy atom. The largest absolute Gasteiger partial charge is 0.457 e. The molecule has 0 bridgehead atoms. The second-order valence-corrected chi connectivity index (χ2v) is 6.67. The van der Waals surface area contributed by atoms with Gasteiger partial charge in [0.2, 0.25) is 5.91 Å². The monoisotopic (exact) mass is 391 g/mol. The predicted molar refractivity (Wildman–Crippen MR) is 106 cm³/mol. The first-order chi connectivity index (χ1) is 14.0. The Balaban J connectivity index is 1.53. The van der Waals surface area contributed by atoms with Crippen LogP contribution in [-0.2, 0) is 11.3 Å². The van der Waals surface area contributed by atoms with Crippen LogP contribution in [0, 0.1) is 5.82 Å². The van der Waals surface area contributed by atoms with Gasteiger partial charge in [0.15, 0.2) is 5.82 Å². The molecule has 4 rings (SSSR count). The minimum Gasteiger partial charge on any atom is -0.457 e. The van der Waals surface area contributed by atoms with E-state index in [1.165, 1.54) is 17.3 Å². The molecule has 7 nitrogen and oxygen atoms in total. The zero-order valence-corrected chi connectivity index (χ0v) is 15.9. The van der Waals surface area contributed by atoms with Crippen molar-refractivity contribution in [3.63, 3.8) is 0 Å². The Bertz CT molecular complexity index is 1170. The smallest absolute Gasteiger partial charge is 0.243 e. The third kappa shape index (κ3) is 3.91. The first kappa shape index (κ1) is 18.5. The van der Waals surface area contributed by atoms with Gasteiger partial charge in [-0.25, -0.2) is 4.39 Å². The maximum Gasteiger partial charge on any atom is 0.243 e. The number of carbonyl (C=O) groups is 1. The fraction of sp³-hybridized carbons (Fsp3) is 0.143. The molecule has 0 aliphatic heterocycles. The molecule has 4 aromatic rings. The van der Waals surface area contributed by atoms with Crippen molar-refractivity contribution < 1.29 is 13.9 Å². The van der Waals surface area contributed by atoms with E-state index >= 15 is 0 Å². The van der Waals surface area contributed by atoms with Crippen LogP contribution in [0.4, 0.5) is 4.39 Å². The molecule has 0 atom stereocenters. The molecule has 29 heavy (non-hydrogen) atoms. The number of benzene rings is 1. The molecule has 1 aromatic carbocycles. The fourth-order valence-corrected chi connectivity index (χ4v) is 2.82. The quantitative estimate of drug-likeness (QED) is 0.521. The van der Waals surface area contributed by atoms with Crippen molar-refractivity contribution in [3.8, 4) is 22.6 Å². The van der Waals surface area contributed by atoms with Crippen LogP contribution in [-0.4, -0.2) is 44.7 Å². The van der Waals surface area contributed by atoms with Crippen LogP contribution in [0.2, 0.25) is 0 Å². The van der Waals surface area contributed by atoms with Crippen molar-refractivity contribution in [3.05, 3.63) is 67.1 Å². The number of nitrogens with zero attached hydrogens (tertiary/aromatic N) is 5. The SMILES string of the molecule is CN(C)C(=O)Cn1cc(-c2ccc(Oc3ccnc4c(F)cncc34)cc2)cn1. The number of ether oxygens (including phenoxy) is 1. The number of amides is 1. The van der Waals surface area contributed by atoms with Crippen LogP contribution >= 0.6 is 0 Å². The van der Waals surface area contributed by atoms with Crippen molar-refractivity contribution in [2.24, 2.45) is 0 Å². The standard InChI is InChI=1S/C21H18FN5O2/c1-26(2)20(28)13-27-12-15(9-25-27)14-3-5-16(6-4-14)29-19-7-8-24-21-17(19)10-23-11-18(21)22/h3-12H,13H2,1-2H3. The Hall–Kier alpha value is -3.81. The molecule has 0 saturated carbocycles. The summed E-state index contributed by atoms with van der Waals surface area (Å²) < 4.78 is 21.4. The van der Waals surface area contributed by atoms with Crippen LogP contribution in [0.5, 0.6) is 11.5 Å². The molecular weight excluding hydrogens is 373 g/mol. The summed E-state index contributed by atoms with van der Waals surface area (Å²) in [5.74, 6) is 0.553. The maximum atomic E-state index is 13.9. The highest BCUT2D eigenvalue weighted by atomic mass is 19.1. The summed E-state index contributed by atoms with van der Waals surface area (Å²) in [6, 6.07) is 9.09. The lowest BCUT2D eigenvalue weighted by atomic mass is 10.1. The van der Waals surface area contributed by atoms with Gasteiger partial charge in [0.05, 0.1) is 17.8 Å². The number of aromatic nitrogens is 4. The van der Waals surface area contributed by atoms with Crippen LogP contribution in [0.25, 0.3) is 22.0 Å². The average molecular weight is 391 g/mol. The molecule has 0 saturated heterocycles. The minimum absolute atomic E-state index is 0.0288. The number of likely N-dealkylation sites (N-methyl/N-ethyl adjacent to an activating group) is 1. The van der Waals surface area contributed by atoms with Gasteiger partial charge in [-0.2, -0.15) is 5.10 Å². The van der Waals surface area contributed by atoms with E-state index in [1.54, 1.807) is 31.0 Å². The summed E-state index contributed by atoms with van der Waals surface area (Å²) >= 11 is 0. The molecule has 0 unspecified atom stereocenters. The molecule has 0 N–H and O–H groups in total. The summed E-state index contributed by atoms with van der Waals surface area (Å²) in [5.41, 5.74) is 2.05. The average Bonchev–Trinajstić information content (AvgIpc) is 3.18. The summed E-state index contributed by atoms with van der Waals surface area (Å²) in [5, 5.41) is 4.74. The Labute approximate surface area is 166 Å². The van der Waals surface area contributed by atoms with E-state index in [-0.39, 0.29) is 18.0 Å². The normalized spacial score (nSPS) is 10.9. The number of hydrogen-bond acceptors (Lipinski definition) is 5. The Kier molecular flexibility index (Phi) is 4.90. The van der Waals surface area contributed by atoms with Gasteiger partial charge < -0.3 is 9.64 Å². The molecule has 3 aromatic heterocycles. The topological polar surface area (TPSA) is 73.1 Å². The lowest BCUT2D eigenvalue weighted by molar-refractivity contribution is -0.129. The van der Waals surface area contributed by atoms with E-state index in [2.05, 4.69) is 15.1 Å². The highest BCUT2D eigenvalue weighted by Crippen LogP contribution is 2.30. The number of carbonyl (C=O) groups excluding carboxylic acids is 1. The van der Waals surface area contributed by atoms with Gasteiger partial charge in [0.25, 0.3) is 0 Å². The van der Waals surface area contributed by atoms with Gasteiger partial charge in [-0.1, -0.05) is 12.1 Å². The third-order valence-electron chi connectivity index (χ3n) is 4.41. The van der Waals surface area contributed by atoms with Crippen LogP contribution < -0.4 is 4.74 Å². The number of pyridine rings is 2.